The number of nitrogens with one attached hydrogen (secondary N) is 3. The van der Waals surface area contributed by atoms with Crippen LogP contribution in [0.3, 0.4) is 0 Å². The predicted octanol–water partition coefficient (Wildman–Crippen LogP) is 8.02. The molecule has 2 amide bonds. The first kappa shape index (κ1) is 57.7. The van der Waals surface area contributed by atoms with Gasteiger partial charge in [0.05, 0.1) is 22.8 Å². The van der Waals surface area contributed by atoms with Crippen molar-refractivity contribution in [2.45, 2.75) is 44.1 Å². The molecule has 2 unspecified atom stereocenters. The maximum atomic E-state index is 13.4. The lowest BCUT2D eigenvalue weighted by molar-refractivity contribution is -0.192. The van der Waals surface area contributed by atoms with Gasteiger partial charge in [-0.15, -0.1) is 0 Å². The molecule has 0 bridgehead atoms. The van der Waals surface area contributed by atoms with Gasteiger partial charge in [0.25, 0.3) is 11.8 Å². The maximum absolute atomic E-state index is 13.4. The van der Waals surface area contributed by atoms with Crippen molar-refractivity contribution in [1.82, 2.24) is 26.2 Å². The molecule has 384 valence electrons. The molecule has 15 nitrogen and oxygen atoms in total. The smallest absolute Gasteiger partial charge is 0.490 e. The molecule has 4 aromatic rings. The lowest BCUT2D eigenvalue weighted by Gasteiger charge is -2.32. The monoisotopic (exact) mass is 1070 g/mol. The quantitative estimate of drug-likeness (QED) is 0.0507. The molecule has 3 saturated heterocycles. The number of hydrogen-bond acceptors (Lipinski definition) is 12. The lowest BCUT2D eigenvalue weighted by Crippen LogP contribution is -2.53. The Morgan fingerprint density at radius 2 is 1.13 bits per heavy atom. The van der Waals surface area contributed by atoms with Crippen molar-refractivity contribution in [1.29, 1.82) is 0 Å². The molecular weight excluding hydrogens is 1020 g/mol. The van der Waals surface area contributed by atoms with Crippen molar-refractivity contribution in [3.8, 4) is 23.0 Å². The first-order valence-corrected chi connectivity index (χ1v) is 23.2. The molecule has 24 heteroatoms. The highest BCUT2D eigenvalue weighted by Crippen LogP contribution is 2.25. The van der Waals surface area contributed by atoms with Gasteiger partial charge in [0.2, 0.25) is 0 Å². The standard InChI is InChI=1S/C23H27Cl2FN2O4.C12H16ClN3O2.C9H8ClFO2.C2HF3O2/c24-17-2-5-19(6-3-17)32-15-23(30)27-28-11-9-16(10-12-28)1-4-18(29)14-31-20-7-8-21(25)22(26)13-20;13-10-1-3-11(4-2-10)18-9-12(17)15-16-7-5-14-6-8-16;10-8-2-1-6(3-9(8)11)12-4-7-5-13-7;3-2(4,5)1(6)7/h2-3,5-8,13,16,18,29H,1,4,9-12,14-15H2,(H,27,30);1-4,14H,5-9H2,(H,15,17);1-3,7H,4-5H2;(H,6,7). The molecular formula is C46H52Cl4F5N5O10. The van der Waals surface area contributed by atoms with E-state index < -0.39 is 29.9 Å². The van der Waals surface area contributed by atoms with Gasteiger partial charge in [-0.1, -0.05) is 46.4 Å². The zero-order chi connectivity index (χ0) is 51.1. The van der Waals surface area contributed by atoms with Gasteiger partial charge < -0.3 is 39.2 Å². The molecule has 3 aliphatic heterocycles. The van der Waals surface area contributed by atoms with Crippen molar-refractivity contribution in [3.63, 3.8) is 0 Å². The Kier molecular flexibility index (Phi) is 24.8. The fraction of sp³-hybridized carbons (Fsp3) is 0.413. The van der Waals surface area contributed by atoms with E-state index in [9.17, 15) is 36.6 Å². The summed E-state index contributed by atoms with van der Waals surface area (Å²) in [6.07, 6.45) is -2.22. The van der Waals surface area contributed by atoms with E-state index in [-0.39, 0.29) is 47.8 Å². The summed E-state index contributed by atoms with van der Waals surface area (Å²) in [6.45, 7) is 6.13. The van der Waals surface area contributed by atoms with Crippen LogP contribution >= 0.6 is 46.4 Å². The third kappa shape index (κ3) is 23.8. The fourth-order valence-corrected chi connectivity index (χ4v) is 6.56. The Balaban J connectivity index is 0.000000234. The number of aliphatic hydroxyl groups is 1. The Hall–Kier alpha value is -4.90. The minimum atomic E-state index is -5.08. The Labute approximate surface area is 420 Å². The maximum Gasteiger partial charge on any atom is 0.490 e. The van der Waals surface area contributed by atoms with Gasteiger partial charge in [-0.2, -0.15) is 13.2 Å². The van der Waals surface area contributed by atoms with E-state index in [4.69, 9.17) is 80.0 Å². The second kappa shape index (κ2) is 30.1. The number of piperidine rings is 1. The van der Waals surface area contributed by atoms with Crippen LogP contribution in [0.5, 0.6) is 23.0 Å². The Morgan fingerprint density at radius 3 is 1.56 bits per heavy atom. The molecule has 4 aromatic carbocycles. The number of carboxylic acid groups (broad SMARTS) is 1. The number of rotatable bonds is 17. The minimum Gasteiger partial charge on any atom is -0.491 e. The molecule has 3 fully saturated rings. The van der Waals surface area contributed by atoms with Crippen molar-refractivity contribution < 1.29 is 70.2 Å². The molecule has 3 aliphatic rings. The van der Waals surface area contributed by atoms with Crippen LogP contribution in [0.4, 0.5) is 22.0 Å². The molecule has 70 heavy (non-hydrogen) atoms. The molecule has 3 heterocycles. The summed E-state index contributed by atoms with van der Waals surface area (Å²) in [5.41, 5.74) is 5.67. The molecule has 0 saturated carbocycles. The average molecular weight is 1070 g/mol. The van der Waals surface area contributed by atoms with Gasteiger partial charge in [-0.3, -0.25) is 20.4 Å². The van der Waals surface area contributed by atoms with Crippen LogP contribution in [0, 0.1) is 17.6 Å². The number of hydrogen-bond donors (Lipinski definition) is 5. The van der Waals surface area contributed by atoms with Gasteiger partial charge in [-0.05, 0) is 104 Å². The highest BCUT2D eigenvalue weighted by atomic mass is 35.5. The average Bonchev–Trinajstić information content (AvgIpc) is 4.17. The number of piperazine rings is 1. The van der Waals surface area contributed by atoms with Crippen LogP contribution in [-0.2, 0) is 19.1 Å². The number of alkyl halides is 3. The number of carbonyl (C=O) groups is 3. The van der Waals surface area contributed by atoms with Gasteiger partial charge in [0.1, 0.15) is 54.0 Å². The van der Waals surface area contributed by atoms with Crippen molar-refractivity contribution in [3.05, 3.63) is 117 Å². The molecule has 2 atom stereocenters. The van der Waals surface area contributed by atoms with Crippen LogP contribution in [0.15, 0.2) is 84.9 Å². The summed E-state index contributed by atoms with van der Waals surface area (Å²) in [6, 6.07) is 22.4. The zero-order valence-electron chi connectivity index (χ0n) is 37.4. The Morgan fingerprint density at radius 1 is 0.700 bits per heavy atom. The van der Waals surface area contributed by atoms with E-state index in [1.807, 2.05) is 10.0 Å². The normalized spacial score (nSPS) is 16.3. The molecule has 7 rings (SSSR count). The summed E-state index contributed by atoms with van der Waals surface area (Å²) in [7, 11) is 0. The largest absolute Gasteiger partial charge is 0.491 e. The number of ether oxygens (including phenoxy) is 5. The fourth-order valence-electron chi connectivity index (χ4n) is 6.08. The molecule has 0 aliphatic carbocycles. The van der Waals surface area contributed by atoms with Gasteiger partial charge in [0, 0.05) is 61.4 Å². The number of halogens is 9. The summed E-state index contributed by atoms with van der Waals surface area (Å²) < 4.78 is 84.5. The first-order chi connectivity index (χ1) is 33.3. The highest BCUT2D eigenvalue weighted by Gasteiger charge is 2.38. The number of aliphatic carboxylic acids is 1. The van der Waals surface area contributed by atoms with Gasteiger partial charge in [-0.25, -0.2) is 23.6 Å². The van der Waals surface area contributed by atoms with Crippen LogP contribution in [0.1, 0.15) is 25.7 Å². The Bertz CT molecular complexity index is 2220. The number of amides is 2. The van der Waals surface area contributed by atoms with Crippen LogP contribution < -0.4 is 35.1 Å². The number of hydrazine groups is 2. The number of epoxide rings is 1. The van der Waals surface area contributed by atoms with E-state index in [0.29, 0.717) is 52.0 Å². The molecule has 0 aromatic heterocycles. The second-order valence-electron chi connectivity index (χ2n) is 15.5. The SMILES string of the molecule is Fc1cc(OCC2CO2)ccc1Cl.O=C(COc1ccc(Cl)cc1)NN1CCC(CCC(O)COc2ccc(Cl)c(F)c2)CC1.O=C(COc1ccc(Cl)cc1)NN1CCNCC1.O=C(O)C(F)(F)F. The van der Waals surface area contributed by atoms with Crippen LogP contribution in [-0.4, -0.2) is 129 Å². The minimum absolute atomic E-state index is 0.00552. The number of aliphatic hydroxyl groups excluding tert-OH is 1. The van der Waals surface area contributed by atoms with Crippen molar-refractivity contribution >= 4 is 64.2 Å². The summed E-state index contributed by atoms with van der Waals surface area (Å²) >= 11 is 22.7. The summed E-state index contributed by atoms with van der Waals surface area (Å²) in [5.74, 6) is -1.60. The second-order valence-corrected chi connectivity index (χ2v) is 17.2. The van der Waals surface area contributed by atoms with Crippen molar-refractivity contribution in [2.75, 3.05) is 72.3 Å². The van der Waals surface area contributed by atoms with E-state index >= 15 is 0 Å². The van der Waals surface area contributed by atoms with Crippen LogP contribution in [0.2, 0.25) is 20.1 Å². The van der Waals surface area contributed by atoms with E-state index in [1.165, 1.54) is 24.3 Å². The van der Waals surface area contributed by atoms with E-state index in [0.717, 1.165) is 65.1 Å². The molecule has 0 radical (unpaired) electrons. The van der Waals surface area contributed by atoms with E-state index in [1.54, 1.807) is 60.7 Å². The van der Waals surface area contributed by atoms with Gasteiger partial charge >= 0.3 is 12.1 Å². The number of carbonyl (C=O) groups excluding carboxylic acids is 2. The van der Waals surface area contributed by atoms with Gasteiger partial charge in [0.15, 0.2) is 13.2 Å². The zero-order valence-corrected chi connectivity index (χ0v) is 40.4. The van der Waals surface area contributed by atoms with Crippen LogP contribution in [0.25, 0.3) is 0 Å². The topological polar surface area (TPSA) is 184 Å². The highest BCUT2D eigenvalue weighted by molar-refractivity contribution is 6.31. The molecule has 5 N–H and O–H groups in total. The number of benzene rings is 4. The lowest BCUT2D eigenvalue weighted by atomic mass is 9.92. The number of nitrogens with zero attached hydrogens (tertiary/aromatic N) is 2. The number of carboxylic acids is 1. The third-order valence-electron chi connectivity index (χ3n) is 9.88. The first-order valence-electron chi connectivity index (χ1n) is 21.6. The summed E-state index contributed by atoms with van der Waals surface area (Å²) in [4.78, 5) is 32.6. The third-order valence-corrected chi connectivity index (χ3v) is 11.0. The summed E-state index contributed by atoms with van der Waals surface area (Å²) in [5, 5.41) is 25.7. The molecule has 0 spiro atoms. The predicted molar refractivity (Wildman–Crippen MR) is 251 cm³/mol. The van der Waals surface area contributed by atoms with Crippen molar-refractivity contribution in [2.24, 2.45) is 5.92 Å². The van der Waals surface area contributed by atoms with E-state index in [2.05, 4.69) is 16.2 Å².